The molecule has 4 atom stereocenters. The third-order valence-corrected chi connectivity index (χ3v) is 4.59. The Morgan fingerprint density at radius 3 is 3.28 bits per heavy atom. The van der Waals surface area contributed by atoms with Crippen LogP contribution in [0, 0.1) is 5.92 Å². The first kappa shape index (κ1) is 12.3. The van der Waals surface area contributed by atoms with Gasteiger partial charge in [0.05, 0.1) is 12.1 Å². The quantitative estimate of drug-likeness (QED) is 0.863. The fourth-order valence-electron chi connectivity index (χ4n) is 2.91. The van der Waals surface area contributed by atoms with Crippen molar-refractivity contribution in [3.05, 3.63) is 5.82 Å². The first-order valence-electron chi connectivity index (χ1n) is 6.76. The number of aryl methyl sites for hydroxylation is 1. The van der Waals surface area contributed by atoms with Gasteiger partial charge in [0.25, 0.3) is 0 Å². The lowest BCUT2D eigenvalue weighted by atomic mass is 9.69. The maximum absolute atomic E-state index is 6.20. The third-order valence-electron chi connectivity index (χ3n) is 3.91. The molecule has 0 aromatic carbocycles. The Balaban J connectivity index is 1.61. The average molecular weight is 268 g/mol. The van der Waals surface area contributed by atoms with E-state index in [1.807, 2.05) is 0 Å². The third kappa shape index (κ3) is 2.13. The van der Waals surface area contributed by atoms with Crippen LogP contribution in [0.4, 0.5) is 5.13 Å². The van der Waals surface area contributed by atoms with Gasteiger partial charge in [0, 0.05) is 36.5 Å². The second-order valence-corrected chi connectivity index (χ2v) is 5.91. The molecule has 1 aliphatic heterocycles. The van der Waals surface area contributed by atoms with Crippen LogP contribution in [0.5, 0.6) is 0 Å². The second kappa shape index (κ2) is 5.11. The predicted molar refractivity (Wildman–Crippen MR) is 71.8 cm³/mol. The number of nitrogens with one attached hydrogen (secondary N) is 1. The van der Waals surface area contributed by atoms with E-state index in [-0.39, 0.29) is 18.2 Å². The lowest BCUT2D eigenvalue weighted by Crippen LogP contribution is -2.69. The summed E-state index contributed by atoms with van der Waals surface area (Å²) >= 11 is 1.43. The summed E-state index contributed by atoms with van der Waals surface area (Å²) < 4.78 is 10.1. The van der Waals surface area contributed by atoms with Crippen molar-refractivity contribution >= 4 is 16.7 Å². The first-order valence-corrected chi connectivity index (χ1v) is 7.53. The zero-order valence-corrected chi connectivity index (χ0v) is 11.4. The van der Waals surface area contributed by atoms with Crippen molar-refractivity contribution in [3.8, 4) is 0 Å². The summed E-state index contributed by atoms with van der Waals surface area (Å²) in [6.07, 6.45) is 4.62. The van der Waals surface area contributed by atoms with Gasteiger partial charge in [-0.25, -0.2) is 4.98 Å². The largest absolute Gasteiger partial charge is 0.376 e. The van der Waals surface area contributed by atoms with Crippen molar-refractivity contribution in [1.82, 2.24) is 9.36 Å². The number of hydrogen-bond acceptors (Lipinski definition) is 6. The Bertz CT molecular complexity index is 411. The van der Waals surface area contributed by atoms with E-state index in [1.165, 1.54) is 18.0 Å². The molecule has 0 radical (unpaired) electrons. The van der Waals surface area contributed by atoms with Gasteiger partial charge in [-0.3, -0.25) is 0 Å². The van der Waals surface area contributed by atoms with E-state index in [9.17, 15) is 0 Å². The fraction of sp³-hybridized carbons (Fsp3) is 0.833. The van der Waals surface area contributed by atoms with Crippen molar-refractivity contribution in [2.75, 3.05) is 11.9 Å². The summed E-state index contributed by atoms with van der Waals surface area (Å²) in [5, 5.41) is 4.28. The highest BCUT2D eigenvalue weighted by Crippen LogP contribution is 2.38. The zero-order valence-electron chi connectivity index (χ0n) is 10.6. The summed E-state index contributed by atoms with van der Waals surface area (Å²) in [4.78, 5) is 4.48. The van der Waals surface area contributed by atoms with Gasteiger partial charge in [0.2, 0.25) is 5.13 Å². The SMILES string of the molecule is CCCc1nsc(NC2C(N)C3CCCOC32)n1. The number of anilines is 1. The minimum Gasteiger partial charge on any atom is -0.376 e. The highest BCUT2D eigenvalue weighted by Gasteiger charge is 2.50. The summed E-state index contributed by atoms with van der Waals surface area (Å²) in [5.41, 5.74) is 6.20. The van der Waals surface area contributed by atoms with Crippen LogP contribution >= 0.6 is 11.5 Å². The maximum Gasteiger partial charge on any atom is 0.202 e. The molecule has 3 N–H and O–H groups in total. The lowest BCUT2D eigenvalue weighted by Gasteiger charge is -2.52. The molecule has 2 heterocycles. The molecule has 1 aromatic rings. The molecule has 100 valence electrons. The molecule has 2 aliphatic rings. The molecule has 0 bridgehead atoms. The number of ether oxygens (including phenoxy) is 1. The fourth-order valence-corrected chi connectivity index (χ4v) is 3.57. The lowest BCUT2D eigenvalue weighted by molar-refractivity contribution is -0.104. The monoisotopic (exact) mass is 268 g/mol. The van der Waals surface area contributed by atoms with Crippen molar-refractivity contribution < 1.29 is 4.74 Å². The number of aromatic nitrogens is 2. The summed E-state index contributed by atoms with van der Waals surface area (Å²) in [5.74, 6) is 1.46. The normalized spacial score (nSPS) is 34.8. The zero-order chi connectivity index (χ0) is 12.5. The smallest absolute Gasteiger partial charge is 0.202 e. The molecule has 0 spiro atoms. The van der Waals surface area contributed by atoms with Crippen LogP contribution in [0.15, 0.2) is 0 Å². The topological polar surface area (TPSA) is 73.1 Å². The number of nitrogens with two attached hydrogens (primary N) is 1. The van der Waals surface area contributed by atoms with Crippen molar-refractivity contribution in [3.63, 3.8) is 0 Å². The molecule has 1 saturated heterocycles. The Hall–Kier alpha value is -0.720. The molecule has 0 amide bonds. The molecule has 18 heavy (non-hydrogen) atoms. The standard InChI is InChI=1S/C12H20N4OS/c1-2-4-8-14-12(18-16-8)15-10-9(13)7-5-3-6-17-11(7)10/h7,9-11H,2-6,13H2,1H3,(H,14,15,16). The van der Waals surface area contributed by atoms with Crippen molar-refractivity contribution in [2.24, 2.45) is 11.7 Å². The van der Waals surface area contributed by atoms with E-state index in [0.717, 1.165) is 36.8 Å². The molecule has 6 heteroatoms. The second-order valence-electron chi connectivity index (χ2n) is 5.15. The summed E-state index contributed by atoms with van der Waals surface area (Å²) in [6, 6.07) is 0.395. The van der Waals surface area contributed by atoms with E-state index >= 15 is 0 Å². The van der Waals surface area contributed by atoms with Gasteiger partial charge in [-0.2, -0.15) is 4.37 Å². The molecule has 1 saturated carbocycles. The van der Waals surface area contributed by atoms with Gasteiger partial charge in [-0.05, 0) is 19.3 Å². The van der Waals surface area contributed by atoms with E-state index < -0.39 is 0 Å². The highest BCUT2D eigenvalue weighted by molar-refractivity contribution is 7.09. The van der Waals surface area contributed by atoms with Crippen LogP contribution < -0.4 is 11.1 Å². The van der Waals surface area contributed by atoms with Crippen LogP contribution in [0.1, 0.15) is 32.0 Å². The van der Waals surface area contributed by atoms with Crippen LogP contribution in [0.2, 0.25) is 0 Å². The molecule has 1 aromatic heterocycles. The van der Waals surface area contributed by atoms with Crippen LogP contribution in [0.25, 0.3) is 0 Å². The molecule has 4 unspecified atom stereocenters. The highest BCUT2D eigenvalue weighted by atomic mass is 32.1. The molecular weight excluding hydrogens is 248 g/mol. The minimum atomic E-state index is 0.189. The maximum atomic E-state index is 6.20. The van der Waals surface area contributed by atoms with Gasteiger partial charge in [0.1, 0.15) is 5.82 Å². The van der Waals surface area contributed by atoms with Gasteiger partial charge in [-0.1, -0.05) is 6.92 Å². The Labute approximate surface area is 111 Å². The summed E-state index contributed by atoms with van der Waals surface area (Å²) in [7, 11) is 0. The van der Waals surface area contributed by atoms with Gasteiger partial charge in [0.15, 0.2) is 0 Å². The molecular formula is C12H20N4OS. The van der Waals surface area contributed by atoms with Gasteiger partial charge in [-0.15, -0.1) is 0 Å². The van der Waals surface area contributed by atoms with Gasteiger partial charge < -0.3 is 15.8 Å². The Morgan fingerprint density at radius 1 is 1.56 bits per heavy atom. The summed E-state index contributed by atoms with van der Waals surface area (Å²) in [6.45, 7) is 3.00. The van der Waals surface area contributed by atoms with Crippen molar-refractivity contribution in [2.45, 2.75) is 50.8 Å². The van der Waals surface area contributed by atoms with E-state index in [1.54, 1.807) is 0 Å². The number of rotatable bonds is 4. The minimum absolute atomic E-state index is 0.189. The molecule has 2 fully saturated rings. The molecule has 3 rings (SSSR count). The average Bonchev–Trinajstić information content (AvgIpc) is 2.84. The number of hydrogen-bond donors (Lipinski definition) is 2. The van der Waals surface area contributed by atoms with Crippen LogP contribution in [-0.2, 0) is 11.2 Å². The van der Waals surface area contributed by atoms with Crippen molar-refractivity contribution in [1.29, 1.82) is 0 Å². The van der Waals surface area contributed by atoms with E-state index in [0.29, 0.717) is 5.92 Å². The van der Waals surface area contributed by atoms with E-state index in [4.69, 9.17) is 10.5 Å². The Kier molecular flexibility index (Phi) is 3.50. The molecule has 5 nitrogen and oxygen atoms in total. The van der Waals surface area contributed by atoms with Crippen LogP contribution in [0.3, 0.4) is 0 Å². The van der Waals surface area contributed by atoms with Gasteiger partial charge >= 0.3 is 0 Å². The Morgan fingerprint density at radius 2 is 2.44 bits per heavy atom. The first-order chi connectivity index (χ1) is 8.79. The number of fused-ring (bicyclic) bond motifs is 1. The predicted octanol–water partition coefficient (Wildman–Crippen LogP) is 1.41. The van der Waals surface area contributed by atoms with Crippen LogP contribution in [-0.4, -0.2) is 34.2 Å². The van der Waals surface area contributed by atoms with E-state index in [2.05, 4.69) is 21.6 Å². The molecule has 1 aliphatic carbocycles. The number of nitrogens with zero attached hydrogens (tertiary/aromatic N) is 2.